The molecule has 2 aliphatic heterocycles. The molecule has 0 aromatic heterocycles. The molecule has 2 nitrogen and oxygen atoms in total. The van der Waals surface area contributed by atoms with Crippen molar-refractivity contribution in [2.45, 2.75) is 58.0 Å². The first-order valence-corrected chi connectivity index (χ1v) is 6.79. The van der Waals surface area contributed by atoms with E-state index >= 15 is 0 Å². The normalized spacial score (nSPS) is 31.2. The molecule has 0 radical (unpaired) electrons. The third-order valence-electron chi connectivity index (χ3n) is 4.16. The zero-order valence-corrected chi connectivity index (χ0v) is 10.4. The van der Waals surface area contributed by atoms with E-state index in [4.69, 9.17) is 0 Å². The van der Waals surface area contributed by atoms with E-state index in [0.717, 1.165) is 12.1 Å². The minimum Gasteiger partial charge on any atom is -0.299 e. The lowest BCUT2D eigenvalue weighted by Gasteiger charge is -2.30. The van der Waals surface area contributed by atoms with Crippen molar-refractivity contribution in [1.29, 1.82) is 0 Å². The van der Waals surface area contributed by atoms with Crippen molar-refractivity contribution >= 4 is 0 Å². The summed E-state index contributed by atoms with van der Waals surface area (Å²) in [6.45, 7) is 10.1. The molecular formula is C13H26N2. The van der Waals surface area contributed by atoms with Crippen LogP contribution in [0.5, 0.6) is 0 Å². The van der Waals surface area contributed by atoms with Crippen LogP contribution in [-0.4, -0.2) is 48.1 Å². The van der Waals surface area contributed by atoms with Gasteiger partial charge in [-0.25, -0.2) is 0 Å². The Labute approximate surface area is 94.6 Å². The van der Waals surface area contributed by atoms with Gasteiger partial charge in [0, 0.05) is 18.6 Å². The van der Waals surface area contributed by atoms with Crippen LogP contribution in [0.2, 0.25) is 0 Å². The highest BCUT2D eigenvalue weighted by atomic mass is 15.3. The fraction of sp³-hybridized carbons (Fsp3) is 1.00. The molecule has 0 spiro atoms. The van der Waals surface area contributed by atoms with Crippen LogP contribution in [0.3, 0.4) is 0 Å². The van der Waals surface area contributed by atoms with Gasteiger partial charge in [0.1, 0.15) is 0 Å². The molecule has 0 saturated carbocycles. The minimum atomic E-state index is 0.801. The van der Waals surface area contributed by atoms with Gasteiger partial charge in [-0.3, -0.25) is 9.80 Å². The Morgan fingerprint density at radius 3 is 2.80 bits per heavy atom. The van der Waals surface area contributed by atoms with Crippen LogP contribution in [0.4, 0.5) is 0 Å². The lowest BCUT2D eigenvalue weighted by atomic mass is 10.1. The van der Waals surface area contributed by atoms with Gasteiger partial charge in [0.2, 0.25) is 0 Å². The third kappa shape index (κ3) is 2.73. The molecule has 0 N–H and O–H groups in total. The smallest absolute Gasteiger partial charge is 0.0223 e. The molecule has 2 rings (SSSR count). The molecule has 2 heterocycles. The summed E-state index contributed by atoms with van der Waals surface area (Å²) < 4.78 is 0. The molecule has 0 bridgehead atoms. The molecule has 15 heavy (non-hydrogen) atoms. The monoisotopic (exact) mass is 210 g/mol. The zero-order valence-electron chi connectivity index (χ0n) is 10.4. The Morgan fingerprint density at radius 1 is 1.20 bits per heavy atom. The summed E-state index contributed by atoms with van der Waals surface area (Å²) in [6.07, 6.45) is 6.94. The number of rotatable bonds is 3. The van der Waals surface area contributed by atoms with E-state index in [0.29, 0.717) is 0 Å². The van der Waals surface area contributed by atoms with Crippen molar-refractivity contribution in [3.63, 3.8) is 0 Å². The van der Waals surface area contributed by atoms with Crippen LogP contribution in [-0.2, 0) is 0 Å². The third-order valence-corrected chi connectivity index (χ3v) is 4.16. The molecule has 0 aliphatic carbocycles. The minimum absolute atomic E-state index is 0.801. The standard InChI is InChI=1S/C13H26N2/c1-3-6-12(2)15-10-5-9-14-8-4-7-13(14)11-15/h12-13H,3-11H2,1-2H3. The zero-order chi connectivity index (χ0) is 10.7. The van der Waals surface area contributed by atoms with Crippen LogP contribution in [0.1, 0.15) is 46.0 Å². The van der Waals surface area contributed by atoms with Gasteiger partial charge < -0.3 is 0 Å². The molecule has 88 valence electrons. The SMILES string of the molecule is CCCC(C)N1CCCN2CCCC2C1. The molecule has 2 heteroatoms. The molecule has 2 aliphatic rings. The van der Waals surface area contributed by atoms with E-state index in [1.807, 2.05) is 0 Å². The van der Waals surface area contributed by atoms with Crippen molar-refractivity contribution in [3.05, 3.63) is 0 Å². The van der Waals surface area contributed by atoms with Gasteiger partial charge in [0.25, 0.3) is 0 Å². The summed E-state index contributed by atoms with van der Waals surface area (Å²) in [4.78, 5) is 5.46. The molecular weight excluding hydrogens is 184 g/mol. The molecule has 0 aromatic rings. The number of fused-ring (bicyclic) bond motifs is 1. The van der Waals surface area contributed by atoms with Crippen molar-refractivity contribution in [1.82, 2.24) is 9.80 Å². The second-order valence-electron chi connectivity index (χ2n) is 5.32. The van der Waals surface area contributed by atoms with Crippen molar-refractivity contribution < 1.29 is 0 Å². The van der Waals surface area contributed by atoms with Gasteiger partial charge in [-0.15, -0.1) is 0 Å². The summed E-state index contributed by atoms with van der Waals surface area (Å²) in [5, 5.41) is 0. The number of nitrogens with zero attached hydrogens (tertiary/aromatic N) is 2. The number of hydrogen-bond donors (Lipinski definition) is 0. The van der Waals surface area contributed by atoms with Crippen molar-refractivity contribution in [3.8, 4) is 0 Å². The first kappa shape index (κ1) is 11.4. The van der Waals surface area contributed by atoms with E-state index in [-0.39, 0.29) is 0 Å². The topological polar surface area (TPSA) is 6.48 Å². The Bertz CT molecular complexity index is 193. The summed E-state index contributed by atoms with van der Waals surface area (Å²) in [6, 6.07) is 1.68. The summed E-state index contributed by atoms with van der Waals surface area (Å²) in [7, 11) is 0. The largest absolute Gasteiger partial charge is 0.299 e. The predicted octanol–water partition coefficient (Wildman–Crippen LogP) is 2.35. The maximum atomic E-state index is 2.74. The van der Waals surface area contributed by atoms with E-state index in [1.54, 1.807) is 0 Å². The molecule has 2 saturated heterocycles. The first-order chi connectivity index (χ1) is 7.31. The highest BCUT2D eigenvalue weighted by Crippen LogP contribution is 2.23. The van der Waals surface area contributed by atoms with Gasteiger partial charge in [0.05, 0.1) is 0 Å². The lowest BCUT2D eigenvalue weighted by Crippen LogP contribution is -2.40. The van der Waals surface area contributed by atoms with Crippen molar-refractivity contribution in [2.24, 2.45) is 0 Å². The van der Waals surface area contributed by atoms with Crippen LogP contribution in [0.15, 0.2) is 0 Å². The molecule has 2 fully saturated rings. The van der Waals surface area contributed by atoms with Gasteiger partial charge in [-0.2, -0.15) is 0 Å². The Balaban J connectivity index is 1.90. The van der Waals surface area contributed by atoms with E-state index in [1.165, 1.54) is 58.3 Å². The van der Waals surface area contributed by atoms with Gasteiger partial charge in [-0.05, 0) is 52.2 Å². The maximum Gasteiger partial charge on any atom is 0.0223 e. The van der Waals surface area contributed by atoms with Crippen LogP contribution in [0, 0.1) is 0 Å². The average molecular weight is 210 g/mol. The fourth-order valence-corrected chi connectivity index (χ4v) is 3.24. The Kier molecular flexibility index (Phi) is 4.04. The molecule has 0 amide bonds. The Morgan fingerprint density at radius 2 is 2.00 bits per heavy atom. The predicted molar refractivity (Wildman–Crippen MR) is 65.2 cm³/mol. The molecule has 2 atom stereocenters. The highest BCUT2D eigenvalue weighted by molar-refractivity contribution is 4.86. The van der Waals surface area contributed by atoms with Gasteiger partial charge >= 0.3 is 0 Å². The summed E-state index contributed by atoms with van der Waals surface area (Å²) in [5.41, 5.74) is 0. The summed E-state index contributed by atoms with van der Waals surface area (Å²) in [5.74, 6) is 0. The maximum absolute atomic E-state index is 2.74. The van der Waals surface area contributed by atoms with Crippen LogP contribution >= 0.6 is 0 Å². The van der Waals surface area contributed by atoms with Crippen LogP contribution in [0.25, 0.3) is 0 Å². The summed E-state index contributed by atoms with van der Waals surface area (Å²) >= 11 is 0. The van der Waals surface area contributed by atoms with E-state index in [2.05, 4.69) is 23.6 Å². The molecule has 2 unspecified atom stereocenters. The lowest BCUT2D eigenvalue weighted by molar-refractivity contribution is 0.174. The first-order valence-electron chi connectivity index (χ1n) is 6.79. The number of hydrogen-bond acceptors (Lipinski definition) is 2. The second-order valence-corrected chi connectivity index (χ2v) is 5.32. The second kappa shape index (κ2) is 5.31. The highest BCUT2D eigenvalue weighted by Gasteiger charge is 2.29. The molecule has 0 aromatic carbocycles. The Hall–Kier alpha value is -0.0800. The van der Waals surface area contributed by atoms with Crippen LogP contribution < -0.4 is 0 Å². The van der Waals surface area contributed by atoms with Crippen molar-refractivity contribution in [2.75, 3.05) is 26.2 Å². The fourth-order valence-electron chi connectivity index (χ4n) is 3.24. The van der Waals surface area contributed by atoms with E-state index in [9.17, 15) is 0 Å². The van der Waals surface area contributed by atoms with Gasteiger partial charge in [-0.1, -0.05) is 13.3 Å². The average Bonchev–Trinajstić information content (AvgIpc) is 2.56. The quantitative estimate of drug-likeness (QED) is 0.705. The van der Waals surface area contributed by atoms with E-state index < -0.39 is 0 Å². The van der Waals surface area contributed by atoms with Gasteiger partial charge in [0.15, 0.2) is 0 Å².